The first-order valence-electron chi connectivity index (χ1n) is 4.14. The van der Waals surface area contributed by atoms with Gasteiger partial charge in [0.2, 0.25) is 5.78 Å². The fraction of sp³-hybridized carbons (Fsp3) is 0.222. The largest absolute Gasteiger partial charge is 0.399 e. The molecule has 1 rings (SSSR count). The van der Waals surface area contributed by atoms with Crippen molar-refractivity contribution < 1.29 is 13.2 Å². The van der Waals surface area contributed by atoms with Gasteiger partial charge in [-0.3, -0.25) is 4.79 Å². The highest BCUT2D eigenvalue weighted by molar-refractivity contribution is 7.95. The highest BCUT2D eigenvalue weighted by atomic mass is 35.5. The van der Waals surface area contributed by atoms with Crippen LogP contribution in [0, 0.1) is 0 Å². The van der Waals surface area contributed by atoms with Crippen molar-refractivity contribution in [3.8, 4) is 0 Å². The van der Waals surface area contributed by atoms with Gasteiger partial charge in [-0.25, -0.2) is 8.42 Å². The molecule has 1 aromatic rings. The van der Waals surface area contributed by atoms with Crippen molar-refractivity contribution in [3.05, 3.63) is 29.8 Å². The van der Waals surface area contributed by atoms with Crippen molar-refractivity contribution >= 4 is 44.5 Å². The minimum atomic E-state index is -3.91. The molecule has 0 saturated carbocycles. The van der Waals surface area contributed by atoms with Crippen LogP contribution in [0.25, 0.3) is 0 Å². The number of ketones is 1. The number of alkyl halides is 2. The molecule has 2 N–H and O–H groups in total. The normalized spacial score (nSPS) is 12.4. The average molecular weight is 282 g/mol. The zero-order chi connectivity index (χ0) is 12.6. The Hall–Kier alpha value is -0.780. The van der Waals surface area contributed by atoms with Gasteiger partial charge in [-0.15, -0.1) is 0 Å². The summed E-state index contributed by atoms with van der Waals surface area (Å²) in [5.74, 6) is -0.890. The number of hydrogen-bond acceptors (Lipinski definition) is 4. The van der Waals surface area contributed by atoms with E-state index >= 15 is 0 Å². The number of sulfone groups is 1. The number of halogens is 2. The second kappa shape index (κ2) is 4.24. The second-order valence-electron chi connectivity index (χ2n) is 3.24. The Balaban J connectivity index is 3.18. The van der Waals surface area contributed by atoms with E-state index in [0.717, 1.165) is 6.26 Å². The van der Waals surface area contributed by atoms with E-state index < -0.39 is 19.3 Å². The van der Waals surface area contributed by atoms with Gasteiger partial charge in [0.1, 0.15) is 0 Å². The minimum absolute atomic E-state index is 0.0876. The van der Waals surface area contributed by atoms with E-state index in [1.54, 1.807) is 0 Å². The topological polar surface area (TPSA) is 77.2 Å². The molecule has 0 fully saturated rings. The molecule has 0 aromatic heterocycles. The molecule has 0 bridgehead atoms. The molecule has 16 heavy (non-hydrogen) atoms. The van der Waals surface area contributed by atoms with Gasteiger partial charge < -0.3 is 5.73 Å². The SMILES string of the molecule is CS(=O)(=O)C(Cl)(Cl)C(=O)c1ccc(N)cc1. The lowest BCUT2D eigenvalue weighted by Crippen LogP contribution is -2.34. The number of carbonyl (C=O) groups is 1. The Bertz CT molecular complexity index is 508. The number of rotatable bonds is 3. The molecule has 7 heteroatoms. The average Bonchev–Trinajstić information content (AvgIpc) is 2.16. The van der Waals surface area contributed by atoms with Gasteiger partial charge in [-0.05, 0) is 24.3 Å². The number of benzene rings is 1. The lowest BCUT2D eigenvalue weighted by atomic mass is 10.1. The molecule has 0 saturated heterocycles. The molecule has 0 spiro atoms. The van der Waals surface area contributed by atoms with Crippen molar-refractivity contribution in [1.29, 1.82) is 0 Å². The molecule has 0 aliphatic rings. The van der Waals surface area contributed by atoms with E-state index in [-0.39, 0.29) is 5.56 Å². The predicted molar refractivity (Wildman–Crippen MR) is 64.5 cm³/mol. The Morgan fingerprint density at radius 3 is 2.06 bits per heavy atom. The predicted octanol–water partition coefficient (Wildman–Crippen LogP) is 1.63. The monoisotopic (exact) mass is 281 g/mol. The smallest absolute Gasteiger partial charge is 0.280 e. The summed E-state index contributed by atoms with van der Waals surface area (Å²) in [5, 5.41) is 0. The van der Waals surface area contributed by atoms with Crippen LogP contribution >= 0.6 is 23.2 Å². The summed E-state index contributed by atoms with van der Waals surface area (Å²) in [5.41, 5.74) is 5.96. The van der Waals surface area contributed by atoms with E-state index in [2.05, 4.69) is 0 Å². The van der Waals surface area contributed by atoms with Gasteiger partial charge in [0, 0.05) is 17.5 Å². The maximum atomic E-state index is 11.7. The van der Waals surface area contributed by atoms with Gasteiger partial charge in [0.25, 0.3) is 3.67 Å². The van der Waals surface area contributed by atoms with Crippen molar-refractivity contribution in [2.45, 2.75) is 3.67 Å². The Labute approximate surface area is 103 Å². The number of carbonyl (C=O) groups excluding carboxylic acids is 1. The van der Waals surface area contributed by atoms with Crippen molar-refractivity contribution in [2.75, 3.05) is 12.0 Å². The summed E-state index contributed by atoms with van der Waals surface area (Å²) in [4.78, 5) is 11.7. The molecular weight excluding hydrogens is 273 g/mol. The molecule has 0 unspecified atom stereocenters. The first kappa shape index (κ1) is 13.3. The first-order valence-corrected chi connectivity index (χ1v) is 6.79. The van der Waals surface area contributed by atoms with Crippen molar-refractivity contribution in [3.63, 3.8) is 0 Å². The quantitative estimate of drug-likeness (QED) is 0.519. The summed E-state index contributed by atoms with van der Waals surface area (Å²) < 4.78 is 20.0. The summed E-state index contributed by atoms with van der Waals surface area (Å²) in [7, 11) is -3.91. The van der Waals surface area contributed by atoms with E-state index in [4.69, 9.17) is 28.9 Å². The number of Topliss-reactive ketones (excluding diaryl/α,β-unsaturated/α-hetero) is 1. The number of anilines is 1. The third kappa shape index (κ3) is 2.48. The van der Waals surface area contributed by atoms with Crippen LogP contribution < -0.4 is 5.73 Å². The zero-order valence-electron chi connectivity index (χ0n) is 8.28. The summed E-state index contributed by atoms with van der Waals surface area (Å²) in [6.45, 7) is 0. The van der Waals surface area contributed by atoms with Crippen LogP contribution in [0.2, 0.25) is 0 Å². The number of hydrogen-bond donors (Lipinski definition) is 1. The Morgan fingerprint density at radius 1 is 1.25 bits per heavy atom. The maximum absolute atomic E-state index is 11.7. The fourth-order valence-corrected chi connectivity index (χ4v) is 1.64. The van der Waals surface area contributed by atoms with Gasteiger partial charge in [-0.1, -0.05) is 23.2 Å². The lowest BCUT2D eigenvalue weighted by molar-refractivity contribution is 0.0996. The van der Waals surface area contributed by atoms with Crippen LogP contribution in [0.4, 0.5) is 5.69 Å². The molecule has 0 aliphatic carbocycles. The molecular formula is C9H9Cl2NO3S. The molecule has 0 aliphatic heterocycles. The summed E-state index contributed by atoms with van der Waals surface area (Å²) in [6.07, 6.45) is 0.794. The van der Waals surface area contributed by atoms with Gasteiger partial charge in [-0.2, -0.15) is 0 Å². The highest BCUT2D eigenvalue weighted by Gasteiger charge is 2.44. The fourth-order valence-electron chi connectivity index (χ4n) is 0.971. The first-order chi connectivity index (χ1) is 7.16. The molecule has 88 valence electrons. The van der Waals surface area contributed by atoms with Gasteiger partial charge >= 0.3 is 0 Å². The van der Waals surface area contributed by atoms with Crippen LogP contribution in [0.5, 0.6) is 0 Å². The molecule has 1 aromatic carbocycles. The van der Waals surface area contributed by atoms with E-state index in [1.165, 1.54) is 24.3 Å². The van der Waals surface area contributed by atoms with E-state index in [1.807, 2.05) is 0 Å². The molecule has 4 nitrogen and oxygen atoms in total. The molecule has 0 atom stereocenters. The maximum Gasteiger partial charge on any atom is 0.280 e. The molecule has 0 amide bonds. The molecule has 0 heterocycles. The highest BCUT2D eigenvalue weighted by Crippen LogP contribution is 2.31. The summed E-state index contributed by atoms with van der Waals surface area (Å²) in [6, 6.07) is 5.64. The standard InChI is InChI=1S/C9H9Cl2NO3S/c1-16(14,15)9(10,11)8(13)6-2-4-7(12)5-3-6/h2-5H,12H2,1H3. The van der Waals surface area contributed by atoms with Crippen molar-refractivity contribution in [1.82, 2.24) is 0 Å². The van der Waals surface area contributed by atoms with Gasteiger partial charge in [0.05, 0.1) is 0 Å². The van der Waals surface area contributed by atoms with E-state index in [0.29, 0.717) is 5.69 Å². The Kier molecular flexibility index (Phi) is 3.52. The zero-order valence-corrected chi connectivity index (χ0v) is 10.6. The Morgan fingerprint density at radius 2 is 1.69 bits per heavy atom. The van der Waals surface area contributed by atoms with Crippen LogP contribution in [0.3, 0.4) is 0 Å². The van der Waals surface area contributed by atoms with Crippen LogP contribution in [-0.2, 0) is 9.84 Å². The number of nitrogens with two attached hydrogens (primary N) is 1. The third-order valence-electron chi connectivity index (χ3n) is 1.90. The number of nitrogen functional groups attached to an aromatic ring is 1. The van der Waals surface area contributed by atoms with Crippen molar-refractivity contribution in [2.24, 2.45) is 0 Å². The second-order valence-corrected chi connectivity index (χ2v) is 7.17. The van der Waals surface area contributed by atoms with Gasteiger partial charge in [0.15, 0.2) is 9.84 Å². The van der Waals surface area contributed by atoms with E-state index in [9.17, 15) is 13.2 Å². The lowest BCUT2D eigenvalue weighted by Gasteiger charge is -2.15. The van der Waals surface area contributed by atoms with Crippen LogP contribution in [-0.4, -0.2) is 24.1 Å². The third-order valence-corrected chi connectivity index (χ3v) is 5.04. The van der Waals surface area contributed by atoms with Crippen LogP contribution in [0.15, 0.2) is 24.3 Å². The summed E-state index contributed by atoms with van der Waals surface area (Å²) >= 11 is 11.1. The molecule has 0 radical (unpaired) electrons. The van der Waals surface area contributed by atoms with Crippen LogP contribution in [0.1, 0.15) is 10.4 Å². The minimum Gasteiger partial charge on any atom is -0.399 e.